The summed E-state index contributed by atoms with van der Waals surface area (Å²) in [6.45, 7) is 52.5. The van der Waals surface area contributed by atoms with E-state index in [1.54, 1.807) is 12.4 Å². The van der Waals surface area contributed by atoms with Gasteiger partial charge in [-0.15, -0.1) is 12.4 Å². The van der Waals surface area contributed by atoms with E-state index in [9.17, 15) is 9.59 Å². The molecule has 2 amide bonds. The molecular formula is C118H165Cl2N25O4. The monoisotopic (exact) mass is 2070 g/mol. The predicted octanol–water partition coefficient (Wildman–Crippen LogP) is 22.3. The van der Waals surface area contributed by atoms with Crippen molar-refractivity contribution in [3.8, 4) is 0 Å². The number of alkyl carbamates (subject to hydrolysis) is 2. The summed E-state index contributed by atoms with van der Waals surface area (Å²) in [6, 6.07) is 18.0. The predicted molar refractivity (Wildman–Crippen MR) is 598 cm³/mol. The topological polar surface area (TPSA) is 328 Å². The van der Waals surface area contributed by atoms with Gasteiger partial charge in [0.05, 0.1) is 74.7 Å². The Morgan fingerprint density at radius 3 is 0.973 bits per heavy atom. The molecule has 8 bridgehead atoms. The SMILES string of the molecule is CCN(C(C)C)C(C)C.Cc1cc(Cl)c2ccncc2n1.Cc1cc(N2CCc3c(c(C)nn3CC34CCC(N)(CC3)CC4)C2)c2ccncc2n1.Cc1cc(N2CCc3c(c(C)nn3CC34CCC(N)(CC3)CC4)C2)c2ccncc2n1.Cc1cc(N2CCc3c(c(C)nn3CC34CCC(NC(=O)OC(C)(C)C)(CC3)CC4)C2)c2ccncc2n1.Cc1nn(CC23CCC(NC(=O)OC(C)(C)C)(CC2)CC3)c2c1CNCC2.Cl. The van der Waals surface area contributed by atoms with Crippen LogP contribution in [0.4, 0.5) is 26.7 Å². The molecule has 29 nitrogen and oxygen atoms in total. The summed E-state index contributed by atoms with van der Waals surface area (Å²) in [5.41, 5.74) is 41.3. The first-order chi connectivity index (χ1) is 70.5. The van der Waals surface area contributed by atoms with Crippen LogP contribution in [-0.2, 0) is 87.5 Å². The molecule has 12 fully saturated rings. The molecule has 16 heterocycles. The molecule has 0 unspecified atom stereocenters. The first-order valence-corrected chi connectivity index (χ1v) is 55.9. The van der Waals surface area contributed by atoms with Crippen LogP contribution in [-0.4, -0.2) is 174 Å². The first kappa shape index (κ1) is 108. The van der Waals surface area contributed by atoms with Crippen molar-refractivity contribution in [3.05, 3.63) is 194 Å². The average Bonchev–Trinajstić information content (AvgIpc) is 1.62. The highest BCUT2D eigenvalue weighted by atomic mass is 35.5. The van der Waals surface area contributed by atoms with Gasteiger partial charge in [-0.1, -0.05) is 18.5 Å². The zero-order valence-electron chi connectivity index (χ0n) is 92.4. The van der Waals surface area contributed by atoms with Gasteiger partial charge in [-0.05, 0) is 355 Å². The fourth-order valence-corrected chi connectivity index (χ4v) is 27.6. The van der Waals surface area contributed by atoms with Crippen LogP contribution in [0.25, 0.3) is 43.6 Å². The number of ether oxygens (including phenoxy) is 2. The van der Waals surface area contributed by atoms with Crippen LogP contribution in [0.3, 0.4) is 0 Å². The Morgan fingerprint density at radius 2 is 0.685 bits per heavy atom. The van der Waals surface area contributed by atoms with E-state index >= 15 is 0 Å². The van der Waals surface area contributed by atoms with Crippen molar-refractivity contribution < 1.29 is 19.1 Å². The zero-order valence-corrected chi connectivity index (χ0v) is 94.0. The van der Waals surface area contributed by atoms with E-state index in [1.807, 2.05) is 97.8 Å². The number of carbonyl (C=O) groups excluding carboxylic acids is 2. The fourth-order valence-electron chi connectivity index (χ4n) is 27.3. The highest BCUT2D eigenvalue weighted by molar-refractivity contribution is 6.35. The van der Waals surface area contributed by atoms with Crippen LogP contribution in [0.1, 0.15) is 321 Å². The lowest BCUT2D eigenvalue weighted by Gasteiger charge is -2.53. The highest BCUT2D eigenvalue weighted by Gasteiger charge is 2.54. The Labute approximate surface area is 893 Å². The molecule has 12 aliphatic carbocycles. The lowest BCUT2D eigenvalue weighted by Crippen LogP contribution is -2.58. The Balaban J connectivity index is 0.000000122. The lowest BCUT2D eigenvalue weighted by atomic mass is 9.57. The molecule has 0 spiro atoms. The maximum Gasteiger partial charge on any atom is 0.408 e. The number of fused-ring (bicyclic) bond motifs is 20. The minimum atomic E-state index is -0.471. The standard InChI is InChI=1S/C30H40N6O2.2C25H32N6.C21H34N4O2.C9H7ClN2.C8H19N.ClH/c1-20-16-26(22-6-14-31-17-24(22)32-20)35-15-7-25-23(18-35)21(2)34-36(25)19-29-8-11-30(12-9-29,13-10-29)33-27(37)38-28(3,4)5;2*1-17-13-23(19-3-11-27-14-21(19)28-17)30-12-4-22-20(15-30)18(2)29-31(22)16-24-5-8-25(26,9-6-24)10-7-24;1-15-16-13-22-12-5-17(16)25(24-15)14-20-6-9-21(10-7-20,11-8-20)23-18(26)27-19(2,3)4;1-6-4-8(10)7-2-3-11-5-9(7)12-6;1-6-9(7(2)3)8(4)5;/h6,14,16-17H,7-13,15,18-19H2,1-5H3,(H,33,37);2*3,11,13-14H,4-10,12,15-16,26H2,1-2H3;22H,5-14H2,1-4H3,(H,23,26);2-5H,1H3;7-8H,6H2,1-5H3;1H. The molecule has 4 aliphatic heterocycles. The third kappa shape index (κ3) is 23.8. The quantitative estimate of drug-likeness (QED) is 0.0600. The number of pyridine rings is 8. The van der Waals surface area contributed by atoms with Crippen LogP contribution < -0.4 is 42.1 Å². The molecule has 16 aliphatic rings. The number of anilines is 3. The van der Waals surface area contributed by atoms with Gasteiger partial charge in [-0.25, -0.2) is 9.59 Å². The van der Waals surface area contributed by atoms with Crippen LogP contribution >= 0.6 is 24.0 Å². The third-order valence-electron chi connectivity index (χ3n) is 36.0. The van der Waals surface area contributed by atoms with Gasteiger partial charge in [-0.3, -0.25) is 63.5 Å². The van der Waals surface area contributed by atoms with E-state index in [1.165, 1.54) is 167 Å². The maximum atomic E-state index is 12.5. The van der Waals surface area contributed by atoms with Crippen molar-refractivity contribution in [2.24, 2.45) is 33.1 Å². The number of hydrogen-bond donors (Lipinski definition) is 5. The van der Waals surface area contributed by atoms with E-state index in [2.05, 4.69) is 214 Å². The number of halogens is 2. The molecule has 0 atom stereocenters. The Hall–Kier alpha value is -10.6. The van der Waals surface area contributed by atoms with Crippen molar-refractivity contribution in [2.45, 2.75) is 409 Å². The molecule has 12 aromatic rings. The number of nitrogens with two attached hydrogens (primary N) is 2. The molecule has 12 aromatic heterocycles. The molecule has 0 saturated heterocycles. The van der Waals surface area contributed by atoms with Crippen LogP contribution in [0, 0.1) is 77.0 Å². The number of amides is 2. The number of nitrogens with zero attached hydrogens (tertiary/aromatic N) is 20. The summed E-state index contributed by atoms with van der Waals surface area (Å²) in [4.78, 5) is 69.8. The number of hydrogen-bond acceptors (Lipinski definition) is 23. The first-order valence-electron chi connectivity index (χ1n) is 55.5. The summed E-state index contributed by atoms with van der Waals surface area (Å²) in [5, 5.41) is 35.2. The Bertz CT molecular complexity index is 6570. The van der Waals surface area contributed by atoms with Crippen molar-refractivity contribution in [3.63, 3.8) is 0 Å². The lowest BCUT2D eigenvalue weighted by molar-refractivity contribution is -0.00553. The van der Waals surface area contributed by atoms with Crippen LogP contribution in [0.15, 0.2) is 98.1 Å². The molecule has 800 valence electrons. The number of rotatable bonds is 16. The van der Waals surface area contributed by atoms with E-state index in [4.69, 9.17) is 52.9 Å². The molecule has 149 heavy (non-hydrogen) atoms. The van der Waals surface area contributed by atoms with Gasteiger partial charge >= 0.3 is 12.2 Å². The van der Waals surface area contributed by atoms with Crippen LogP contribution in [0.2, 0.25) is 5.02 Å². The van der Waals surface area contributed by atoms with Gasteiger partial charge in [0.2, 0.25) is 0 Å². The molecule has 28 rings (SSSR count). The second kappa shape index (κ2) is 43.2. The number of aryl methyl sites for hydroxylation is 8. The van der Waals surface area contributed by atoms with Crippen molar-refractivity contribution >= 4 is 96.9 Å². The average molecular weight is 2070 g/mol. The molecule has 0 radical (unpaired) electrons. The summed E-state index contributed by atoms with van der Waals surface area (Å²) < 4.78 is 20.5. The van der Waals surface area contributed by atoms with Gasteiger partial charge in [0.15, 0.2) is 0 Å². The zero-order chi connectivity index (χ0) is 104. The largest absolute Gasteiger partial charge is 0.444 e. The number of carbonyl (C=O) groups is 2. The Morgan fingerprint density at radius 1 is 0.409 bits per heavy atom. The van der Waals surface area contributed by atoms with Gasteiger partial charge in [0.1, 0.15) is 11.2 Å². The van der Waals surface area contributed by atoms with Gasteiger partial charge in [0, 0.05) is 270 Å². The van der Waals surface area contributed by atoms with E-state index < -0.39 is 11.2 Å². The number of nitrogens with one attached hydrogen (secondary N) is 3. The minimum Gasteiger partial charge on any atom is -0.444 e. The Kier molecular flexibility index (Phi) is 31.4. The second-order valence-corrected chi connectivity index (χ2v) is 49.7. The summed E-state index contributed by atoms with van der Waals surface area (Å²) in [7, 11) is 0. The number of aromatic nitrogens is 16. The van der Waals surface area contributed by atoms with Gasteiger partial charge < -0.3 is 51.6 Å². The van der Waals surface area contributed by atoms with Crippen LogP contribution in [0.5, 0.6) is 0 Å². The summed E-state index contributed by atoms with van der Waals surface area (Å²) >= 11 is 5.99. The second-order valence-electron chi connectivity index (χ2n) is 49.3. The molecule has 0 aromatic carbocycles. The van der Waals surface area contributed by atoms with E-state index in [0.29, 0.717) is 28.3 Å². The van der Waals surface area contributed by atoms with Crippen molar-refractivity contribution in [2.75, 3.05) is 47.4 Å². The third-order valence-corrected chi connectivity index (χ3v) is 36.3. The molecule has 12 saturated carbocycles. The van der Waals surface area contributed by atoms with Gasteiger partial charge in [0.25, 0.3) is 0 Å². The smallest absolute Gasteiger partial charge is 0.408 e. The summed E-state index contributed by atoms with van der Waals surface area (Å²) in [5.74, 6) is 0. The fraction of sp³-hybridized carbons (Fsp3) is 0.610. The van der Waals surface area contributed by atoms with Crippen molar-refractivity contribution in [1.29, 1.82) is 0 Å². The molecule has 7 N–H and O–H groups in total. The minimum absolute atomic E-state index is 0. The molecule has 31 heteroatoms. The van der Waals surface area contributed by atoms with Gasteiger partial charge in [-0.2, -0.15) is 20.4 Å². The normalized spacial score (nSPS) is 24.9. The maximum absolute atomic E-state index is 12.5. The van der Waals surface area contributed by atoms with E-state index in [-0.39, 0.29) is 52.2 Å². The molecular weight excluding hydrogens is 1900 g/mol. The highest BCUT2D eigenvalue weighted by Crippen LogP contribution is 2.58. The van der Waals surface area contributed by atoms with Crippen molar-refractivity contribution in [1.82, 2.24) is 99.8 Å². The van der Waals surface area contributed by atoms with E-state index in [0.717, 1.165) is 254 Å². The summed E-state index contributed by atoms with van der Waals surface area (Å²) in [6.07, 6.45) is 46.0.